The Morgan fingerprint density at radius 1 is 1.61 bits per heavy atom. The van der Waals surface area contributed by atoms with Gasteiger partial charge in [-0.3, -0.25) is 14.3 Å². The number of rotatable bonds is 6. The lowest BCUT2D eigenvalue weighted by Gasteiger charge is -2.09. The molecule has 1 rings (SSSR count). The van der Waals surface area contributed by atoms with E-state index in [1.165, 1.54) is 6.08 Å². The van der Waals surface area contributed by atoms with Crippen molar-refractivity contribution in [1.29, 1.82) is 0 Å². The van der Waals surface area contributed by atoms with Crippen LogP contribution in [0.2, 0.25) is 0 Å². The third-order valence-corrected chi connectivity index (χ3v) is 2.63. The molecule has 1 amide bonds. The summed E-state index contributed by atoms with van der Waals surface area (Å²) in [5.41, 5.74) is 0.801. The molecular weight excluding hydrogens is 234 g/mol. The molecule has 0 aliphatic carbocycles. The van der Waals surface area contributed by atoms with Crippen molar-refractivity contribution in [3.63, 3.8) is 0 Å². The number of carboxylic acid groups (broad SMARTS) is 1. The quantitative estimate of drug-likeness (QED) is 0.727. The van der Waals surface area contributed by atoms with Gasteiger partial charge in [0.1, 0.15) is 0 Å². The first kappa shape index (κ1) is 14.0. The normalized spacial score (nSPS) is 12.6. The van der Waals surface area contributed by atoms with Gasteiger partial charge in [0.15, 0.2) is 0 Å². The minimum atomic E-state index is -0.895. The van der Waals surface area contributed by atoms with Crippen molar-refractivity contribution >= 4 is 18.0 Å². The summed E-state index contributed by atoms with van der Waals surface area (Å²) >= 11 is 0. The number of aliphatic carboxylic acids is 1. The number of carbonyl (C=O) groups excluding carboxylic acids is 1. The summed E-state index contributed by atoms with van der Waals surface area (Å²) in [5.74, 6) is -1.75. The molecule has 0 fully saturated rings. The SMILES string of the molecule is CCC(CNC(=O)C=Cc1ccnn1C)C(=O)O. The van der Waals surface area contributed by atoms with Crippen molar-refractivity contribution in [3.05, 3.63) is 24.0 Å². The van der Waals surface area contributed by atoms with Crippen molar-refractivity contribution in [2.45, 2.75) is 13.3 Å². The predicted octanol–water partition coefficient (Wildman–Crippen LogP) is 0.660. The number of carboxylic acids is 1. The van der Waals surface area contributed by atoms with Gasteiger partial charge in [0.05, 0.1) is 11.6 Å². The van der Waals surface area contributed by atoms with E-state index in [1.807, 2.05) is 0 Å². The number of aryl methyl sites for hydroxylation is 1. The fraction of sp³-hybridized carbons (Fsp3) is 0.417. The lowest BCUT2D eigenvalue weighted by molar-refractivity contribution is -0.141. The van der Waals surface area contributed by atoms with Gasteiger partial charge in [-0.05, 0) is 18.6 Å². The fourth-order valence-corrected chi connectivity index (χ4v) is 1.40. The lowest BCUT2D eigenvalue weighted by Crippen LogP contribution is -2.31. The van der Waals surface area contributed by atoms with E-state index in [9.17, 15) is 9.59 Å². The molecule has 0 saturated heterocycles. The number of nitrogens with zero attached hydrogens (tertiary/aromatic N) is 2. The highest BCUT2D eigenvalue weighted by Crippen LogP contribution is 2.01. The van der Waals surface area contributed by atoms with Crippen LogP contribution in [0.1, 0.15) is 19.0 Å². The molecule has 1 aromatic heterocycles. The van der Waals surface area contributed by atoms with Gasteiger partial charge in [0, 0.05) is 25.9 Å². The maximum Gasteiger partial charge on any atom is 0.308 e. The van der Waals surface area contributed by atoms with Crippen molar-refractivity contribution < 1.29 is 14.7 Å². The Hall–Kier alpha value is -2.11. The summed E-state index contributed by atoms with van der Waals surface area (Å²) in [6.07, 6.45) is 5.12. The number of hydrogen-bond donors (Lipinski definition) is 2. The monoisotopic (exact) mass is 251 g/mol. The Balaban J connectivity index is 2.45. The van der Waals surface area contributed by atoms with Crippen LogP contribution in [-0.2, 0) is 16.6 Å². The summed E-state index contributed by atoms with van der Waals surface area (Å²) in [4.78, 5) is 22.2. The van der Waals surface area contributed by atoms with E-state index in [0.29, 0.717) is 6.42 Å². The first-order valence-electron chi connectivity index (χ1n) is 5.71. The minimum Gasteiger partial charge on any atom is -0.481 e. The van der Waals surface area contributed by atoms with Gasteiger partial charge in [-0.1, -0.05) is 6.92 Å². The second kappa shape index (κ2) is 6.58. The Morgan fingerprint density at radius 2 is 2.33 bits per heavy atom. The number of hydrogen-bond acceptors (Lipinski definition) is 3. The number of nitrogens with one attached hydrogen (secondary N) is 1. The van der Waals surface area contributed by atoms with E-state index >= 15 is 0 Å². The summed E-state index contributed by atoms with van der Waals surface area (Å²) in [6.45, 7) is 1.91. The van der Waals surface area contributed by atoms with E-state index in [0.717, 1.165) is 5.69 Å². The molecule has 2 N–H and O–H groups in total. The molecular formula is C12H17N3O3. The van der Waals surface area contributed by atoms with Crippen LogP contribution < -0.4 is 5.32 Å². The zero-order valence-corrected chi connectivity index (χ0v) is 10.5. The molecule has 0 aromatic carbocycles. The third kappa shape index (κ3) is 4.04. The molecule has 0 aliphatic heterocycles. The average molecular weight is 251 g/mol. The Kier molecular flexibility index (Phi) is 5.10. The molecule has 6 heteroatoms. The van der Waals surface area contributed by atoms with Crippen molar-refractivity contribution in [1.82, 2.24) is 15.1 Å². The number of aromatic nitrogens is 2. The van der Waals surface area contributed by atoms with Gasteiger partial charge in [-0.25, -0.2) is 0 Å². The van der Waals surface area contributed by atoms with Crippen molar-refractivity contribution in [2.24, 2.45) is 13.0 Å². The van der Waals surface area contributed by atoms with Crippen LogP contribution >= 0.6 is 0 Å². The van der Waals surface area contributed by atoms with E-state index in [-0.39, 0.29) is 12.5 Å². The maximum absolute atomic E-state index is 11.5. The lowest BCUT2D eigenvalue weighted by atomic mass is 10.1. The first-order valence-corrected chi connectivity index (χ1v) is 5.71. The maximum atomic E-state index is 11.5. The molecule has 6 nitrogen and oxygen atoms in total. The molecule has 98 valence electrons. The highest BCUT2D eigenvalue weighted by atomic mass is 16.4. The highest BCUT2D eigenvalue weighted by Gasteiger charge is 2.14. The third-order valence-electron chi connectivity index (χ3n) is 2.63. The smallest absolute Gasteiger partial charge is 0.308 e. The molecule has 0 radical (unpaired) electrons. The molecule has 0 aliphatic rings. The van der Waals surface area contributed by atoms with Crippen LogP contribution in [0.4, 0.5) is 0 Å². The van der Waals surface area contributed by atoms with E-state index in [4.69, 9.17) is 5.11 Å². The second-order valence-corrected chi connectivity index (χ2v) is 3.90. The molecule has 0 saturated carbocycles. The van der Waals surface area contributed by atoms with Crippen LogP contribution in [0.5, 0.6) is 0 Å². The topological polar surface area (TPSA) is 84.2 Å². The van der Waals surface area contributed by atoms with Crippen LogP contribution in [0.15, 0.2) is 18.3 Å². The van der Waals surface area contributed by atoms with Crippen LogP contribution in [-0.4, -0.2) is 33.3 Å². The summed E-state index contributed by atoms with van der Waals surface area (Å²) in [6, 6.07) is 1.77. The molecule has 0 bridgehead atoms. The van der Waals surface area contributed by atoms with Crippen molar-refractivity contribution in [3.8, 4) is 0 Å². The van der Waals surface area contributed by atoms with Crippen LogP contribution in [0, 0.1) is 5.92 Å². The first-order chi connectivity index (χ1) is 8.54. The Labute approximate surface area is 105 Å². The fourth-order valence-electron chi connectivity index (χ4n) is 1.40. The van der Waals surface area contributed by atoms with Gasteiger partial charge < -0.3 is 10.4 Å². The van der Waals surface area contributed by atoms with E-state index in [2.05, 4.69) is 10.4 Å². The standard InChI is InChI=1S/C12H17N3O3/c1-3-9(12(17)18)8-13-11(16)5-4-10-6-7-14-15(10)2/h4-7,9H,3,8H2,1-2H3,(H,13,16)(H,17,18). The van der Waals surface area contributed by atoms with Gasteiger partial charge in [-0.2, -0.15) is 5.10 Å². The Morgan fingerprint density at radius 3 is 2.83 bits per heavy atom. The van der Waals surface area contributed by atoms with Crippen LogP contribution in [0.25, 0.3) is 6.08 Å². The van der Waals surface area contributed by atoms with Crippen LogP contribution in [0.3, 0.4) is 0 Å². The number of amides is 1. The average Bonchev–Trinajstić information content (AvgIpc) is 2.72. The number of carbonyl (C=O) groups is 2. The molecule has 1 aromatic rings. The van der Waals surface area contributed by atoms with Gasteiger partial charge in [0.25, 0.3) is 0 Å². The molecule has 0 spiro atoms. The second-order valence-electron chi connectivity index (χ2n) is 3.90. The van der Waals surface area contributed by atoms with Gasteiger partial charge >= 0.3 is 5.97 Å². The minimum absolute atomic E-state index is 0.139. The molecule has 18 heavy (non-hydrogen) atoms. The zero-order valence-electron chi connectivity index (χ0n) is 10.5. The summed E-state index contributed by atoms with van der Waals surface area (Å²) in [5, 5.41) is 15.3. The van der Waals surface area contributed by atoms with Crippen molar-refractivity contribution in [2.75, 3.05) is 6.54 Å². The highest BCUT2D eigenvalue weighted by molar-refractivity contribution is 5.91. The van der Waals surface area contributed by atoms with E-state index < -0.39 is 11.9 Å². The zero-order chi connectivity index (χ0) is 13.5. The van der Waals surface area contributed by atoms with Gasteiger partial charge in [-0.15, -0.1) is 0 Å². The molecule has 1 heterocycles. The predicted molar refractivity (Wildman–Crippen MR) is 66.7 cm³/mol. The van der Waals surface area contributed by atoms with E-state index in [1.54, 1.807) is 37.0 Å². The summed E-state index contributed by atoms with van der Waals surface area (Å²) < 4.78 is 1.63. The Bertz CT molecular complexity index is 451. The molecule has 1 atom stereocenters. The molecule has 1 unspecified atom stereocenters. The largest absolute Gasteiger partial charge is 0.481 e. The van der Waals surface area contributed by atoms with Gasteiger partial charge in [0.2, 0.25) is 5.91 Å². The summed E-state index contributed by atoms with van der Waals surface area (Å²) in [7, 11) is 1.77.